The van der Waals surface area contributed by atoms with Crippen LogP contribution in [-0.2, 0) is 10.0 Å². The molecule has 1 aliphatic heterocycles. The van der Waals surface area contributed by atoms with Crippen molar-refractivity contribution in [2.75, 3.05) is 24.7 Å². The number of rotatable bonds is 3. The third kappa shape index (κ3) is 4.63. The summed E-state index contributed by atoms with van der Waals surface area (Å²) in [7, 11) is -3.27. The van der Waals surface area contributed by atoms with Gasteiger partial charge in [0, 0.05) is 25.2 Å². The molecule has 2 amide bonds. The van der Waals surface area contributed by atoms with Gasteiger partial charge in [-0.05, 0) is 25.0 Å². The van der Waals surface area contributed by atoms with Gasteiger partial charge in [0.05, 0.1) is 11.9 Å². The average molecular weight is 333 g/mol. The number of anilines is 1. The number of piperidine rings is 1. The van der Waals surface area contributed by atoms with E-state index < -0.39 is 27.7 Å². The summed E-state index contributed by atoms with van der Waals surface area (Å²) in [6.07, 6.45) is 2.04. The SMILES string of the molecule is CS(=O)(=O)NC1CCN(C(=O)Nc2ccc(F)cc2F)CC1. The minimum Gasteiger partial charge on any atom is -0.324 e. The first kappa shape index (κ1) is 16.6. The molecule has 0 aliphatic carbocycles. The molecular formula is C13H17F2N3O3S. The molecule has 22 heavy (non-hydrogen) atoms. The summed E-state index contributed by atoms with van der Waals surface area (Å²) in [6, 6.07) is 2.20. The van der Waals surface area contributed by atoms with E-state index in [1.807, 2.05) is 0 Å². The van der Waals surface area contributed by atoms with Gasteiger partial charge in [0.2, 0.25) is 10.0 Å². The van der Waals surface area contributed by atoms with Gasteiger partial charge in [-0.25, -0.2) is 26.7 Å². The maximum absolute atomic E-state index is 13.5. The Labute approximate surface area is 127 Å². The predicted molar refractivity (Wildman–Crippen MR) is 78.0 cm³/mol. The molecule has 1 aromatic carbocycles. The maximum Gasteiger partial charge on any atom is 0.321 e. The highest BCUT2D eigenvalue weighted by Gasteiger charge is 2.25. The molecule has 1 aliphatic rings. The number of sulfonamides is 1. The number of nitrogens with zero attached hydrogens (tertiary/aromatic N) is 1. The van der Waals surface area contributed by atoms with E-state index in [2.05, 4.69) is 10.0 Å². The van der Waals surface area contributed by atoms with Gasteiger partial charge in [0.25, 0.3) is 0 Å². The fourth-order valence-corrected chi connectivity index (χ4v) is 3.13. The van der Waals surface area contributed by atoms with E-state index in [1.54, 1.807) is 0 Å². The molecule has 1 aromatic rings. The second kappa shape index (κ2) is 6.57. The Morgan fingerprint density at radius 1 is 1.27 bits per heavy atom. The number of carbonyl (C=O) groups excluding carboxylic acids is 1. The molecule has 6 nitrogen and oxygen atoms in total. The summed E-state index contributed by atoms with van der Waals surface area (Å²) >= 11 is 0. The van der Waals surface area contributed by atoms with Crippen molar-refractivity contribution in [3.05, 3.63) is 29.8 Å². The third-order valence-corrected chi connectivity index (χ3v) is 4.10. The van der Waals surface area contributed by atoms with Gasteiger partial charge in [-0.15, -0.1) is 0 Å². The molecule has 1 saturated heterocycles. The van der Waals surface area contributed by atoms with Crippen LogP contribution in [0.3, 0.4) is 0 Å². The molecule has 0 radical (unpaired) electrons. The topological polar surface area (TPSA) is 78.5 Å². The largest absolute Gasteiger partial charge is 0.324 e. The molecule has 0 saturated carbocycles. The molecule has 2 N–H and O–H groups in total. The summed E-state index contributed by atoms with van der Waals surface area (Å²) in [5.74, 6) is -1.56. The minimum absolute atomic E-state index is 0.0946. The highest BCUT2D eigenvalue weighted by atomic mass is 32.2. The van der Waals surface area contributed by atoms with E-state index in [4.69, 9.17) is 0 Å². The standard InChI is InChI=1S/C13H17F2N3O3S/c1-22(20,21)17-10-4-6-18(7-5-10)13(19)16-12-3-2-9(14)8-11(12)15/h2-3,8,10,17H,4-7H2,1H3,(H,16,19). The first-order valence-electron chi connectivity index (χ1n) is 6.73. The second-order valence-corrected chi connectivity index (χ2v) is 6.99. The van der Waals surface area contributed by atoms with Crippen LogP contribution in [0.2, 0.25) is 0 Å². The van der Waals surface area contributed by atoms with E-state index in [-0.39, 0.29) is 11.7 Å². The van der Waals surface area contributed by atoms with Crippen molar-refractivity contribution in [3.63, 3.8) is 0 Å². The first-order chi connectivity index (χ1) is 10.2. The van der Waals surface area contributed by atoms with Gasteiger partial charge in [0.15, 0.2) is 0 Å². The van der Waals surface area contributed by atoms with Crippen LogP contribution in [-0.4, -0.2) is 44.7 Å². The Hall–Kier alpha value is -1.74. The van der Waals surface area contributed by atoms with E-state index in [9.17, 15) is 22.0 Å². The summed E-state index contributed by atoms with van der Waals surface area (Å²) in [6.45, 7) is 0.698. The summed E-state index contributed by atoms with van der Waals surface area (Å²) in [5, 5.41) is 2.38. The molecule has 122 valence electrons. The van der Waals surface area contributed by atoms with Crippen LogP contribution in [0, 0.1) is 11.6 Å². The number of benzene rings is 1. The van der Waals surface area contributed by atoms with Crippen LogP contribution in [0.1, 0.15) is 12.8 Å². The summed E-state index contributed by atoms with van der Waals surface area (Å²) in [5.41, 5.74) is -0.0946. The molecule has 0 unspecified atom stereocenters. The van der Waals surface area contributed by atoms with Crippen molar-refractivity contribution in [1.82, 2.24) is 9.62 Å². The number of halogens is 2. The van der Waals surface area contributed by atoms with E-state index in [0.29, 0.717) is 32.0 Å². The lowest BCUT2D eigenvalue weighted by atomic mass is 10.1. The Morgan fingerprint density at radius 2 is 1.91 bits per heavy atom. The highest BCUT2D eigenvalue weighted by Crippen LogP contribution is 2.17. The molecule has 1 fully saturated rings. The number of nitrogens with one attached hydrogen (secondary N) is 2. The van der Waals surface area contributed by atoms with E-state index >= 15 is 0 Å². The molecule has 0 atom stereocenters. The number of hydrogen-bond acceptors (Lipinski definition) is 3. The van der Waals surface area contributed by atoms with Gasteiger partial charge in [-0.3, -0.25) is 0 Å². The van der Waals surface area contributed by atoms with Crippen LogP contribution >= 0.6 is 0 Å². The lowest BCUT2D eigenvalue weighted by Crippen LogP contribution is -2.47. The third-order valence-electron chi connectivity index (χ3n) is 3.34. The lowest BCUT2D eigenvalue weighted by Gasteiger charge is -2.32. The molecule has 0 spiro atoms. The molecule has 0 aromatic heterocycles. The lowest BCUT2D eigenvalue weighted by molar-refractivity contribution is 0.193. The summed E-state index contributed by atoms with van der Waals surface area (Å²) in [4.78, 5) is 13.5. The molecular weight excluding hydrogens is 316 g/mol. The second-order valence-electron chi connectivity index (χ2n) is 5.21. The Kier molecular flexibility index (Phi) is 4.97. The summed E-state index contributed by atoms with van der Waals surface area (Å²) < 4.78 is 51.1. The van der Waals surface area contributed by atoms with Crippen LogP contribution in [0.5, 0.6) is 0 Å². The van der Waals surface area contributed by atoms with Crippen molar-refractivity contribution < 1.29 is 22.0 Å². The zero-order valence-electron chi connectivity index (χ0n) is 12.0. The Morgan fingerprint density at radius 3 is 2.45 bits per heavy atom. The molecule has 0 bridgehead atoms. The zero-order valence-corrected chi connectivity index (χ0v) is 12.8. The Bertz CT molecular complexity index is 658. The number of amides is 2. The van der Waals surface area contributed by atoms with Crippen LogP contribution < -0.4 is 10.0 Å². The van der Waals surface area contributed by atoms with Crippen molar-refractivity contribution in [2.45, 2.75) is 18.9 Å². The number of hydrogen-bond donors (Lipinski definition) is 2. The number of urea groups is 1. The molecule has 2 rings (SSSR count). The highest BCUT2D eigenvalue weighted by molar-refractivity contribution is 7.88. The fraction of sp³-hybridized carbons (Fsp3) is 0.462. The monoisotopic (exact) mass is 333 g/mol. The number of likely N-dealkylation sites (tertiary alicyclic amines) is 1. The van der Waals surface area contributed by atoms with Crippen molar-refractivity contribution >= 4 is 21.7 Å². The number of carbonyl (C=O) groups is 1. The van der Waals surface area contributed by atoms with Crippen LogP contribution in [0.15, 0.2) is 18.2 Å². The van der Waals surface area contributed by atoms with Crippen LogP contribution in [0.4, 0.5) is 19.3 Å². The predicted octanol–water partition coefficient (Wildman–Crippen LogP) is 1.51. The quantitative estimate of drug-likeness (QED) is 0.880. The van der Waals surface area contributed by atoms with Gasteiger partial charge >= 0.3 is 6.03 Å². The van der Waals surface area contributed by atoms with Crippen molar-refractivity contribution in [3.8, 4) is 0 Å². The van der Waals surface area contributed by atoms with Crippen LogP contribution in [0.25, 0.3) is 0 Å². The fourth-order valence-electron chi connectivity index (χ4n) is 2.29. The van der Waals surface area contributed by atoms with Crippen molar-refractivity contribution in [1.29, 1.82) is 0 Å². The van der Waals surface area contributed by atoms with E-state index in [1.165, 1.54) is 4.90 Å². The van der Waals surface area contributed by atoms with E-state index in [0.717, 1.165) is 18.4 Å². The maximum atomic E-state index is 13.5. The average Bonchev–Trinajstić information content (AvgIpc) is 2.41. The minimum atomic E-state index is -3.27. The first-order valence-corrected chi connectivity index (χ1v) is 8.62. The van der Waals surface area contributed by atoms with Gasteiger partial charge in [0.1, 0.15) is 11.6 Å². The molecule has 1 heterocycles. The smallest absolute Gasteiger partial charge is 0.321 e. The van der Waals surface area contributed by atoms with Gasteiger partial charge < -0.3 is 10.2 Å². The van der Waals surface area contributed by atoms with Gasteiger partial charge in [-0.1, -0.05) is 0 Å². The normalized spacial score (nSPS) is 16.6. The zero-order chi connectivity index (χ0) is 16.3. The van der Waals surface area contributed by atoms with Crippen molar-refractivity contribution in [2.24, 2.45) is 0 Å². The van der Waals surface area contributed by atoms with Gasteiger partial charge in [-0.2, -0.15) is 0 Å². The Balaban J connectivity index is 1.90. The molecule has 9 heteroatoms.